The molecule has 26 atom stereocenters. The van der Waals surface area contributed by atoms with Gasteiger partial charge in [0, 0.05) is 135 Å². The Hall–Kier alpha value is 2.08. The van der Waals surface area contributed by atoms with Gasteiger partial charge in [-0.3, -0.25) is 13.6 Å². The van der Waals surface area contributed by atoms with Crippen molar-refractivity contribution in [3.05, 3.63) is 0 Å². The Morgan fingerprint density at radius 2 is 0.827 bits per heavy atom. The predicted molar refractivity (Wildman–Crippen MR) is 410 cm³/mol. The SMILES string of the molecule is C1CS1.[B][B][C@H]1C[C@@H](OC)[C@@H](CO)O1.[B][B][C@H]1C[C@@H](OC)[C@@H](COP(=O)(O[C@H]2[C@@H](COC)O[C@@H]([B])C2(F)F)SCC[S-])O1.[B][B][C@H]1C[C@@H](OC)[C@@H](COP([O-])(=S)O[C@H]2[C@@H](COC)O[C@@H]([B])C2(F)F)O1.[B][B][C@H]1C[C@@H](OC)[C@@H](COP2(=O)SCCS2)O1.[B][C@@H]1O[C@H](COC)[C@H](O)C1(F)F.[B][C@@H]1O[C@H](COC)[C@H](O)C1(F)F. The molecular formula is C54H87B12F8O27P3S6-2. The minimum Gasteiger partial charge on any atom is -0.792 e. The van der Waals surface area contributed by atoms with E-state index in [4.69, 9.17) is 182 Å². The summed E-state index contributed by atoms with van der Waals surface area (Å²) in [5, 5.41) is 26.8. The highest BCUT2D eigenvalue weighted by atomic mass is 33.1. The second kappa shape index (κ2) is 50.6. The van der Waals surface area contributed by atoms with Crippen molar-refractivity contribution in [3.8, 4) is 0 Å². The first kappa shape index (κ1) is 104. The summed E-state index contributed by atoms with van der Waals surface area (Å²) in [5.41, 5.74) is 0. The lowest BCUT2D eigenvalue weighted by atomic mass is 9.51. The van der Waals surface area contributed by atoms with Gasteiger partial charge in [0.25, 0.3) is 23.7 Å². The van der Waals surface area contributed by atoms with Crippen LogP contribution in [0, 0.1) is 0 Å². The first-order chi connectivity index (χ1) is 51.8. The van der Waals surface area contributed by atoms with Crippen molar-refractivity contribution in [1.29, 1.82) is 0 Å². The zero-order valence-corrected chi connectivity index (χ0v) is 69.0. The third kappa shape index (κ3) is 31.8. The second-order valence-electron chi connectivity index (χ2n) is 24.7. The van der Waals surface area contributed by atoms with Crippen LogP contribution in [-0.4, -0.2) is 420 Å². The Balaban J connectivity index is 0.000000287. The summed E-state index contributed by atoms with van der Waals surface area (Å²) in [4.78, 5) is 12.4. The molecule has 610 valence electrons. The van der Waals surface area contributed by atoms with E-state index in [1.54, 1.807) is 14.2 Å². The molecule has 0 aliphatic carbocycles. The van der Waals surface area contributed by atoms with Crippen molar-refractivity contribution < 1.29 is 163 Å². The van der Waals surface area contributed by atoms with E-state index in [-0.39, 0.29) is 118 Å². The molecule has 110 heavy (non-hydrogen) atoms. The Bertz CT molecular complexity index is 2700. The van der Waals surface area contributed by atoms with Gasteiger partial charge in [-0.15, -0.1) is 0 Å². The smallest absolute Gasteiger partial charge is 0.389 e. The highest BCUT2D eigenvalue weighted by Crippen LogP contribution is 2.74. The number of rotatable bonds is 33. The summed E-state index contributed by atoms with van der Waals surface area (Å²) >= 11 is 15.2. The maximum atomic E-state index is 14.5. The fraction of sp³-hybridized carbons (Fsp3) is 1.00. The second-order valence-corrected chi connectivity index (χ2v) is 40.8. The molecule has 0 spiro atoms. The maximum absolute atomic E-state index is 14.5. The molecule has 0 bridgehead atoms. The highest BCUT2D eigenvalue weighted by molar-refractivity contribution is 8.90. The van der Waals surface area contributed by atoms with E-state index in [9.17, 15) is 49.1 Å². The van der Waals surface area contributed by atoms with Crippen LogP contribution < -0.4 is 4.89 Å². The Kier molecular flexibility index (Phi) is 48.0. The van der Waals surface area contributed by atoms with Gasteiger partial charge < -0.3 is 122 Å². The molecule has 10 aliphatic rings. The average molecular weight is 1740 g/mol. The third-order valence-corrected chi connectivity index (χ3v) is 30.8. The van der Waals surface area contributed by atoms with Crippen LogP contribution in [0.25, 0.3) is 0 Å². The number of hydrogen-bond acceptors (Lipinski definition) is 33. The highest BCUT2D eigenvalue weighted by Gasteiger charge is 2.61. The molecule has 2 unspecified atom stereocenters. The first-order valence-electron chi connectivity index (χ1n) is 33.7. The third-order valence-electron chi connectivity index (χ3n) is 17.0. The van der Waals surface area contributed by atoms with Gasteiger partial charge >= 0.3 is 12.6 Å². The number of hydrogen-bond donors (Lipinski definition) is 3. The van der Waals surface area contributed by atoms with Crippen LogP contribution >= 0.6 is 65.2 Å². The van der Waals surface area contributed by atoms with E-state index in [2.05, 4.69) is 18.9 Å². The van der Waals surface area contributed by atoms with Gasteiger partial charge in [0.05, 0.1) is 130 Å². The average Bonchev–Trinajstić information content (AvgIpc) is 1.64. The number of alkyl halides is 8. The summed E-state index contributed by atoms with van der Waals surface area (Å²) in [6.45, 7) is -9.19. The van der Waals surface area contributed by atoms with Gasteiger partial charge in [0.15, 0.2) is 12.2 Å². The number of aliphatic hydroxyl groups excluding tert-OH is 3. The lowest BCUT2D eigenvalue weighted by molar-refractivity contribution is -0.223. The molecular weight excluding hydrogens is 1650 g/mol. The number of aliphatic hydroxyl groups is 3. The molecule has 10 aliphatic heterocycles. The molecule has 56 heteroatoms. The molecule has 10 heterocycles. The monoisotopic (exact) mass is 1740 g/mol. The molecule has 10 rings (SSSR count). The van der Waals surface area contributed by atoms with Crippen LogP contribution in [0.5, 0.6) is 0 Å². The number of halogens is 8. The summed E-state index contributed by atoms with van der Waals surface area (Å²) in [5.74, 6) is -11.5. The molecule has 0 aromatic rings. The lowest BCUT2D eigenvalue weighted by Crippen LogP contribution is -2.43. The molecule has 0 saturated carbocycles. The van der Waals surface area contributed by atoms with E-state index in [1.807, 2.05) is 11.8 Å². The standard InChI is InChI=1S/C14H23B3F2O7PS2.C12H19B3F2O7PS.C8H14B2O4PS2.C6H11B2O3.2C6H9BF2O3.C2H4S/c1-21-6-10-12(14(18,19)13(15)25-10)26-27(20,29-4-3-28)23-7-9-8(22-2)5-11(17-16)24-9;1-19-4-8-10(12(16,17)11(13)23-8)24-25(18,26)21-5-7-6(20-2)3-9(15-14)22-7;1-12-6-4-8(10-9)14-7(6)5-13-15(11)16-2-3-17-15;1-10-4-2-6(8-7)11-5(4)3-9;2*1-11-2-3-4(10)6(8,9)5(7)12-3;1-2-3-1/h8-13,28H,3-7H2,1-2H3;6-11H,3-5H2,1-2H3,(H,18,26);6-8H,2-5H2,1H3;4-6,9H,2-3H2,1H3;2*3-5,10H,2H2,1H3;1-2H2/p-2/t8-,9-,10-,11-,12+,13-,27?;6-,7-,8-,9-,10+,11-,25?;6-,7-,8-;4-,5-,6-;2*3-,4+,5-;/m111111./s1. The number of thioether (sulfide) groups is 1. The zero-order chi connectivity index (χ0) is 82.6. The molecule has 20 radical (unpaired) electrons. The summed E-state index contributed by atoms with van der Waals surface area (Å²) in [6.07, 6.45) is -12.2. The summed E-state index contributed by atoms with van der Waals surface area (Å²) in [6, 6.07) is -8.22. The van der Waals surface area contributed by atoms with Gasteiger partial charge in [-0.25, -0.2) is 39.7 Å². The van der Waals surface area contributed by atoms with Crippen molar-refractivity contribution >= 4 is 181 Å². The van der Waals surface area contributed by atoms with Gasteiger partial charge in [0.1, 0.15) is 99.1 Å². The fourth-order valence-electron chi connectivity index (χ4n) is 11.0. The van der Waals surface area contributed by atoms with Crippen LogP contribution in [0.4, 0.5) is 35.1 Å². The number of methoxy groups -OCH3 is 8. The summed E-state index contributed by atoms with van der Waals surface area (Å²) in [7, 11) is 59.4. The van der Waals surface area contributed by atoms with Crippen LogP contribution in [0.2, 0.25) is 0 Å². The van der Waals surface area contributed by atoms with Crippen molar-refractivity contribution in [2.45, 2.75) is 195 Å². The van der Waals surface area contributed by atoms with Gasteiger partial charge in [0.2, 0.25) is 0 Å². The minimum atomic E-state index is -4.29. The molecule has 27 nitrogen and oxygen atoms in total. The molecule has 3 N–H and O–H groups in total. The van der Waals surface area contributed by atoms with E-state index in [0.717, 1.165) is 35.7 Å². The van der Waals surface area contributed by atoms with Crippen molar-refractivity contribution in [2.24, 2.45) is 0 Å². The van der Waals surface area contributed by atoms with Crippen LogP contribution in [-0.2, 0) is 132 Å². The van der Waals surface area contributed by atoms with Gasteiger partial charge in [-0.2, -0.15) is 17.5 Å². The largest absolute Gasteiger partial charge is 0.792 e. The fourth-order valence-corrected chi connectivity index (χ4v) is 23.6. The van der Waals surface area contributed by atoms with E-state index in [1.165, 1.54) is 106 Å². The van der Waals surface area contributed by atoms with Crippen LogP contribution in [0.1, 0.15) is 25.7 Å². The molecule has 0 amide bonds. The number of ether oxygens (including phenoxy) is 16. The molecule has 0 aromatic carbocycles. The van der Waals surface area contributed by atoms with E-state index in [0.29, 0.717) is 19.4 Å². The van der Waals surface area contributed by atoms with Crippen LogP contribution in [0.3, 0.4) is 0 Å². The quantitative estimate of drug-likeness (QED) is 0.0258. The Morgan fingerprint density at radius 1 is 0.509 bits per heavy atom. The normalized spacial score (nSPS) is 37.5. The predicted octanol–water partition coefficient (Wildman–Crippen LogP) is 0.118. The minimum absolute atomic E-state index is 0.0111. The Morgan fingerprint density at radius 3 is 1.14 bits per heavy atom. The summed E-state index contributed by atoms with van der Waals surface area (Å²) < 4.78 is 241. The van der Waals surface area contributed by atoms with Gasteiger partial charge in [-0.05, 0) is 42.8 Å². The van der Waals surface area contributed by atoms with Crippen molar-refractivity contribution in [3.63, 3.8) is 0 Å². The van der Waals surface area contributed by atoms with E-state index >= 15 is 0 Å². The zero-order valence-electron chi connectivity index (χ0n) is 61.5. The molecule has 10 fully saturated rings. The van der Waals surface area contributed by atoms with Crippen molar-refractivity contribution in [1.82, 2.24) is 0 Å². The lowest BCUT2D eigenvalue weighted by Gasteiger charge is -2.35. The van der Waals surface area contributed by atoms with Crippen molar-refractivity contribution in [2.75, 3.05) is 144 Å². The van der Waals surface area contributed by atoms with E-state index < -0.39 is 128 Å². The first-order valence-corrected chi connectivity index (χ1v) is 46.0. The van der Waals surface area contributed by atoms with Gasteiger partial charge in [-0.1, -0.05) is 34.6 Å². The van der Waals surface area contributed by atoms with Crippen LogP contribution in [0.15, 0.2) is 0 Å². The molecule has 0 aromatic heterocycles. The topological polar surface area (TPSA) is 312 Å². The molecule has 10 saturated heterocycles. The Labute approximate surface area is 678 Å². The maximum Gasteiger partial charge on any atom is 0.389 e.